The Morgan fingerprint density at radius 1 is 1.47 bits per heavy atom. The number of rotatable bonds is 6. The molecule has 0 saturated heterocycles. The molecular formula is C14H22N2O. The highest BCUT2D eigenvalue weighted by Gasteiger charge is 2.24. The van der Waals surface area contributed by atoms with Crippen LogP contribution in [0.3, 0.4) is 0 Å². The number of aliphatic hydroxyl groups excluding tert-OH is 1. The minimum Gasteiger partial charge on any atom is -0.389 e. The smallest absolute Gasteiger partial charge is 0.128 e. The van der Waals surface area contributed by atoms with Gasteiger partial charge in [-0.3, -0.25) is 0 Å². The number of hydrogen-bond donors (Lipinski definition) is 1. The van der Waals surface area contributed by atoms with Crippen LogP contribution in [0.25, 0.3) is 0 Å². The first-order chi connectivity index (χ1) is 8.20. The quantitative estimate of drug-likeness (QED) is 0.822. The molecule has 3 nitrogen and oxygen atoms in total. The molecule has 0 amide bonds. The monoisotopic (exact) mass is 234 g/mol. The van der Waals surface area contributed by atoms with Gasteiger partial charge in [-0.05, 0) is 43.7 Å². The first-order valence-electron chi connectivity index (χ1n) is 6.59. The van der Waals surface area contributed by atoms with Crippen molar-refractivity contribution >= 4 is 5.82 Å². The van der Waals surface area contributed by atoms with Gasteiger partial charge in [0.05, 0.1) is 6.10 Å². The number of hydrogen-bond acceptors (Lipinski definition) is 3. The lowest BCUT2D eigenvalue weighted by Gasteiger charge is -2.23. The van der Waals surface area contributed by atoms with Crippen LogP contribution in [0.15, 0.2) is 18.3 Å². The van der Waals surface area contributed by atoms with E-state index in [0.29, 0.717) is 0 Å². The largest absolute Gasteiger partial charge is 0.389 e. The number of pyridine rings is 1. The first-order valence-corrected chi connectivity index (χ1v) is 6.59. The highest BCUT2D eigenvalue weighted by atomic mass is 16.3. The molecule has 0 spiro atoms. The Morgan fingerprint density at radius 3 is 2.71 bits per heavy atom. The maximum absolute atomic E-state index is 9.46. The van der Waals surface area contributed by atoms with Crippen LogP contribution in [-0.2, 0) is 0 Å². The minimum atomic E-state index is -0.431. The van der Waals surface area contributed by atoms with Crippen molar-refractivity contribution in [1.29, 1.82) is 0 Å². The zero-order chi connectivity index (χ0) is 12.3. The molecule has 17 heavy (non-hydrogen) atoms. The maximum atomic E-state index is 9.46. The summed E-state index contributed by atoms with van der Waals surface area (Å²) in [6.45, 7) is 6.17. The summed E-state index contributed by atoms with van der Waals surface area (Å²) in [6.07, 6.45) is 5.24. The summed E-state index contributed by atoms with van der Waals surface area (Å²) >= 11 is 0. The van der Waals surface area contributed by atoms with Crippen molar-refractivity contribution in [3.63, 3.8) is 0 Å². The third-order valence-corrected chi connectivity index (χ3v) is 3.25. The summed E-state index contributed by atoms with van der Waals surface area (Å²) in [5.74, 6) is 1.92. The molecule has 2 rings (SSSR count). The number of nitrogens with zero attached hydrogens (tertiary/aromatic N) is 2. The number of aliphatic hydroxyl groups is 1. The van der Waals surface area contributed by atoms with Gasteiger partial charge < -0.3 is 10.0 Å². The number of anilines is 1. The molecular weight excluding hydrogens is 212 g/mol. The molecule has 3 heteroatoms. The summed E-state index contributed by atoms with van der Waals surface area (Å²) in [6, 6.07) is 4.00. The van der Waals surface area contributed by atoms with Crippen molar-refractivity contribution in [3.8, 4) is 0 Å². The lowest BCUT2D eigenvalue weighted by Crippen LogP contribution is -2.27. The summed E-state index contributed by atoms with van der Waals surface area (Å²) in [4.78, 5) is 6.83. The number of aromatic nitrogens is 1. The molecule has 1 N–H and O–H groups in total. The first kappa shape index (κ1) is 12.4. The van der Waals surface area contributed by atoms with Gasteiger partial charge >= 0.3 is 0 Å². The zero-order valence-corrected chi connectivity index (χ0v) is 10.8. The highest BCUT2D eigenvalue weighted by Crippen LogP contribution is 2.31. The standard InChI is InChI=1S/C14H22N2O/c1-3-8-16(10-12-4-5-12)14-7-6-13(9-15-14)11(2)17/h6-7,9,11-12,17H,3-5,8,10H2,1-2H3. The normalized spacial score (nSPS) is 16.9. The van der Waals surface area contributed by atoms with E-state index < -0.39 is 6.10 Å². The minimum absolute atomic E-state index is 0.431. The molecule has 0 bridgehead atoms. The van der Waals surface area contributed by atoms with Crippen LogP contribution in [0, 0.1) is 5.92 Å². The fourth-order valence-corrected chi connectivity index (χ4v) is 2.01. The highest BCUT2D eigenvalue weighted by molar-refractivity contribution is 5.39. The molecule has 1 aliphatic carbocycles. The summed E-state index contributed by atoms with van der Waals surface area (Å²) < 4.78 is 0. The molecule has 1 aromatic heterocycles. The average Bonchev–Trinajstić information content (AvgIpc) is 3.13. The van der Waals surface area contributed by atoms with Gasteiger partial charge in [0.2, 0.25) is 0 Å². The van der Waals surface area contributed by atoms with E-state index in [4.69, 9.17) is 0 Å². The fraction of sp³-hybridized carbons (Fsp3) is 0.643. The van der Waals surface area contributed by atoms with Crippen LogP contribution in [-0.4, -0.2) is 23.2 Å². The van der Waals surface area contributed by atoms with Crippen molar-refractivity contribution in [3.05, 3.63) is 23.9 Å². The van der Waals surface area contributed by atoms with Crippen LogP contribution >= 0.6 is 0 Å². The Bertz CT molecular complexity index is 344. The lowest BCUT2D eigenvalue weighted by molar-refractivity contribution is 0.199. The van der Waals surface area contributed by atoms with Gasteiger partial charge in [-0.15, -0.1) is 0 Å². The van der Waals surface area contributed by atoms with Crippen molar-refractivity contribution < 1.29 is 5.11 Å². The molecule has 1 aromatic rings. The molecule has 94 valence electrons. The maximum Gasteiger partial charge on any atom is 0.128 e. The van der Waals surface area contributed by atoms with Gasteiger partial charge in [0.15, 0.2) is 0 Å². The zero-order valence-electron chi connectivity index (χ0n) is 10.8. The van der Waals surface area contributed by atoms with Gasteiger partial charge in [0, 0.05) is 19.3 Å². The van der Waals surface area contributed by atoms with E-state index in [2.05, 4.69) is 16.8 Å². The third-order valence-electron chi connectivity index (χ3n) is 3.25. The molecule has 1 aliphatic rings. The van der Waals surface area contributed by atoms with E-state index in [0.717, 1.165) is 36.8 Å². The Balaban J connectivity index is 2.05. The molecule has 1 atom stereocenters. The Kier molecular flexibility index (Phi) is 4.00. The van der Waals surface area contributed by atoms with Crippen molar-refractivity contribution in [2.75, 3.05) is 18.0 Å². The second-order valence-corrected chi connectivity index (χ2v) is 5.02. The molecule has 0 radical (unpaired) electrons. The molecule has 1 fully saturated rings. The second kappa shape index (κ2) is 5.50. The summed E-state index contributed by atoms with van der Waals surface area (Å²) in [7, 11) is 0. The van der Waals surface area contributed by atoms with Crippen LogP contribution in [0.4, 0.5) is 5.82 Å². The fourth-order valence-electron chi connectivity index (χ4n) is 2.01. The predicted octanol–water partition coefficient (Wildman–Crippen LogP) is 2.76. The molecule has 0 aromatic carbocycles. The van der Waals surface area contributed by atoms with Gasteiger partial charge in [0.25, 0.3) is 0 Å². The average molecular weight is 234 g/mol. The third kappa shape index (κ3) is 3.43. The van der Waals surface area contributed by atoms with Gasteiger partial charge in [-0.2, -0.15) is 0 Å². The van der Waals surface area contributed by atoms with Crippen molar-refractivity contribution in [1.82, 2.24) is 4.98 Å². The molecule has 1 heterocycles. The van der Waals surface area contributed by atoms with E-state index in [1.807, 2.05) is 12.1 Å². The van der Waals surface area contributed by atoms with Crippen LogP contribution in [0.5, 0.6) is 0 Å². The summed E-state index contributed by atoms with van der Waals surface area (Å²) in [5, 5.41) is 9.46. The van der Waals surface area contributed by atoms with Gasteiger partial charge in [-0.1, -0.05) is 13.0 Å². The van der Waals surface area contributed by atoms with Crippen molar-refractivity contribution in [2.45, 2.75) is 39.2 Å². The Hall–Kier alpha value is -1.09. The Morgan fingerprint density at radius 2 is 2.24 bits per heavy atom. The molecule has 0 aliphatic heterocycles. The van der Waals surface area contributed by atoms with E-state index in [9.17, 15) is 5.11 Å². The molecule has 1 saturated carbocycles. The van der Waals surface area contributed by atoms with Gasteiger partial charge in [0.1, 0.15) is 5.82 Å². The van der Waals surface area contributed by atoms with E-state index >= 15 is 0 Å². The lowest BCUT2D eigenvalue weighted by atomic mass is 10.2. The predicted molar refractivity (Wildman–Crippen MR) is 70.1 cm³/mol. The molecule has 1 unspecified atom stereocenters. The van der Waals surface area contributed by atoms with E-state index in [1.54, 1.807) is 13.1 Å². The summed E-state index contributed by atoms with van der Waals surface area (Å²) in [5.41, 5.74) is 0.886. The van der Waals surface area contributed by atoms with E-state index in [1.165, 1.54) is 12.8 Å². The van der Waals surface area contributed by atoms with Crippen molar-refractivity contribution in [2.24, 2.45) is 5.92 Å². The SMILES string of the molecule is CCCN(CC1CC1)c1ccc(C(C)O)cn1. The second-order valence-electron chi connectivity index (χ2n) is 5.02. The van der Waals surface area contributed by atoms with Crippen LogP contribution in [0.1, 0.15) is 44.8 Å². The Labute approximate surface area is 103 Å². The van der Waals surface area contributed by atoms with Gasteiger partial charge in [-0.25, -0.2) is 4.98 Å². The van der Waals surface area contributed by atoms with Crippen LogP contribution < -0.4 is 4.90 Å². The van der Waals surface area contributed by atoms with E-state index in [-0.39, 0.29) is 0 Å². The van der Waals surface area contributed by atoms with Crippen LogP contribution in [0.2, 0.25) is 0 Å². The topological polar surface area (TPSA) is 36.4 Å².